The van der Waals surface area contributed by atoms with E-state index < -0.39 is 24.0 Å². The van der Waals surface area contributed by atoms with E-state index in [1.165, 1.54) is 12.5 Å². The van der Waals surface area contributed by atoms with Crippen LogP contribution in [0.3, 0.4) is 0 Å². The van der Waals surface area contributed by atoms with E-state index in [1.54, 1.807) is 0 Å². The topological polar surface area (TPSA) is 127 Å². The first kappa shape index (κ1) is 24.4. The van der Waals surface area contributed by atoms with Crippen molar-refractivity contribution in [2.45, 2.75) is 24.9 Å². The summed E-state index contributed by atoms with van der Waals surface area (Å²) in [6, 6.07) is 15.2. The van der Waals surface area contributed by atoms with Gasteiger partial charge in [0.1, 0.15) is 17.7 Å². The molecule has 2 aromatic carbocycles. The molecule has 0 spiro atoms. The van der Waals surface area contributed by atoms with Crippen LogP contribution in [0.25, 0.3) is 11.1 Å². The lowest BCUT2D eigenvalue weighted by atomic mass is 9.98. The van der Waals surface area contributed by atoms with Crippen molar-refractivity contribution in [3.8, 4) is 11.1 Å². The van der Waals surface area contributed by atoms with Crippen molar-refractivity contribution in [3.05, 3.63) is 75.7 Å². The maximum absolute atomic E-state index is 12.7. The fourth-order valence-electron chi connectivity index (χ4n) is 4.06. The van der Waals surface area contributed by atoms with E-state index in [2.05, 4.69) is 27.8 Å². The first-order valence-corrected chi connectivity index (χ1v) is 11.9. The molecular formula is C25H25N3O6S. The van der Waals surface area contributed by atoms with Gasteiger partial charge in [-0.2, -0.15) is 0 Å². The molecule has 0 bridgehead atoms. The van der Waals surface area contributed by atoms with Crippen LogP contribution in [-0.2, 0) is 20.8 Å². The van der Waals surface area contributed by atoms with Gasteiger partial charge in [-0.3, -0.25) is 4.79 Å². The highest BCUT2D eigenvalue weighted by molar-refractivity contribution is 7.09. The summed E-state index contributed by atoms with van der Waals surface area (Å²) in [5.74, 6) is -1.66. The molecule has 0 saturated carbocycles. The number of carboxylic acid groups (broad SMARTS) is 1. The van der Waals surface area contributed by atoms with E-state index in [9.17, 15) is 14.4 Å². The van der Waals surface area contributed by atoms with Crippen LogP contribution >= 0.6 is 11.3 Å². The number of methoxy groups -OCH3 is 1. The average Bonchev–Trinajstić information content (AvgIpc) is 3.47. The third-order valence-electron chi connectivity index (χ3n) is 5.75. The summed E-state index contributed by atoms with van der Waals surface area (Å²) in [7, 11) is 1.51. The molecule has 3 N–H and O–H groups in total. The Kier molecular flexibility index (Phi) is 7.74. The van der Waals surface area contributed by atoms with Crippen molar-refractivity contribution >= 4 is 29.3 Å². The maximum atomic E-state index is 12.7. The van der Waals surface area contributed by atoms with Gasteiger partial charge in [-0.15, -0.1) is 11.3 Å². The number of ether oxygens (including phenoxy) is 2. The summed E-state index contributed by atoms with van der Waals surface area (Å²) in [6.45, 7) is 0.435. The second kappa shape index (κ2) is 11.1. The molecule has 0 saturated heterocycles. The third kappa shape index (κ3) is 5.67. The van der Waals surface area contributed by atoms with Gasteiger partial charge in [-0.25, -0.2) is 14.6 Å². The third-order valence-corrected chi connectivity index (χ3v) is 6.60. The number of hydrogen-bond donors (Lipinski definition) is 3. The standard InChI is InChI=1S/C25H25N3O6S/c1-33-11-10-20(23(29)26-12-22-27-21(14-35-22)24(30)31)28-25(32)34-13-19-17-8-4-2-6-15(17)16-7-3-5-9-18(16)19/h2-9,14,19-20H,10-13H2,1H3,(H,26,29)(H,28,32)(H,30,31). The molecule has 0 radical (unpaired) electrons. The molecule has 35 heavy (non-hydrogen) atoms. The number of nitrogens with zero attached hydrogens (tertiary/aromatic N) is 1. The number of carboxylic acids is 1. The monoisotopic (exact) mass is 495 g/mol. The molecule has 182 valence electrons. The normalized spacial score (nSPS) is 12.9. The number of alkyl carbamates (subject to hydrolysis) is 1. The largest absolute Gasteiger partial charge is 0.476 e. The summed E-state index contributed by atoms with van der Waals surface area (Å²) in [5, 5.41) is 16.1. The molecule has 1 unspecified atom stereocenters. The SMILES string of the molecule is COCCC(NC(=O)OCC1c2ccccc2-c2ccccc21)C(=O)NCc1nc(C(=O)O)cs1. The van der Waals surface area contributed by atoms with Crippen LogP contribution in [0.1, 0.15) is 39.0 Å². The molecule has 9 nitrogen and oxygen atoms in total. The number of fused-ring (bicyclic) bond motifs is 3. The van der Waals surface area contributed by atoms with E-state index >= 15 is 0 Å². The van der Waals surface area contributed by atoms with Gasteiger partial charge in [0.05, 0.1) is 6.54 Å². The Morgan fingerprint density at radius 1 is 1.09 bits per heavy atom. The highest BCUT2D eigenvalue weighted by atomic mass is 32.1. The zero-order valence-corrected chi connectivity index (χ0v) is 19.8. The number of thiazole rings is 1. The van der Waals surface area contributed by atoms with Gasteiger partial charge in [0.25, 0.3) is 0 Å². The van der Waals surface area contributed by atoms with Crippen LogP contribution in [-0.4, -0.2) is 54.4 Å². The molecule has 1 heterocycles. The zero-order chi connectivity index (χ0) is 24.8. The van der Waals surface area contributed by atoms with Gasteiger partial charge in [-0.1, -0.05) is 48.5 Å². The predicted molar refractivity (Wildman–Crippen MR) is 129 cm³/mol. The molecule has 1 aliphatic rings. The molecule has 4 rings (SSSR count). The summed E-state index contributed by atoms with van der Waals surface area (Å²) < 4.78 is 10.6. The summed E-state index contributed by atoms with van der Waals surface area (Å²) in [5.41, 5.74) is 4.37. The average molecular weight is 496 g/mol. The Hall–Kier alpha value is -3.76. The first-order chi connectivity index (χ1) is 17.0. The van der Waals surface area contributed by atoms with Crippen LogP contribution in [0, 0.1) is 0 Å². The van der Waals surface area contributed by atoms with E-state index in [4.69, 9.17) is 14.6 Å². The minimum Gasteiger partial charge on any atom is -0.476 e. The first-order valence-electron chi connectivity index (χ1n) is 11.0. The van der Waals surface area contributed by atoms with Crippen LogP contribution in [0.5, 0.6) is 0 Å². The predicted octanol–water partition coefficient (Wildman–Crippen LogP) is 3.40. The number of aromatic nitrogens is 1. The number of aromatic carboxylic acids is 1. The highest BCUT2D eigenvalue weighted by Crippen LogP contribution is 2.44. The Morgan fingerprint density at radius 2 is 1.74 bits per heavy atom. The van der Waals surface area contributed by atoms with Gasteiger partial charge in [0.15, 0.2) is 5.69 Å². The fraction of sp³-hybridized carbons (Fsp3) is 0.280. The minimum absolute atomic E-state index is 0.0482. The number of amides is 2. The summed E-state index contributed by atoms with van der Waals surface area (Å²) in [4.78, 5) is 40.3. The number of carbonyl (C=O) groups excluding carboxylic acids is 2. The van der Waals surface area contributed by atoms with Crippen molar-refractivity contribution in [2.75, 3.05) is 20.3 Å². The molecule has 10 heteroatoms. The number of hydrogen-bond acceptors (Lipinski definition) is 7. The number of carbonyl (C=O) groups is 3. The Bertz CT molecular complexity index is 1180. The van der Waals surface area contributed by atoms with Crippen molar-refractivity contribution in [2.24, 2.45) is 0 Å². The van der Waals surface area contributed by atoms with Crippen molar-refractivity contribution in [1.82, 2.24) is 15.6 Å². The number of nitrogens with one attached hydrogen (secondary N) is 2. The minimum atomic E-state index is -1.13. The quantitative estimate of drug-likeness (QED) is 0.393. The molecule has 2 amide bonds. The van der Waals surface area contributed by atoms with Crippen LogP contribution < -0.4 is 10.6 Å². The van der Waals surface area contributed by atoms with Gasteiger partial charge >= 0.3 is 12.1 Å². The lowest BCUT2D eigenvalue weighted by molar-refractivity contribution is -0.123. The molecule has 0 aliphatic heterocycles. The molecule has 0 fully saturated rings. The fourth-order valence-corrected chi connectivity index (χ4v) is 4.77. The van der Waals surface area contributed by atoms with Crippen LogP contribution in [0.4, 0.5) is 4.79 Å². The van der Waals surface area contributed by atoms with E-state index in [0.29, 0.717) is 5.01 Å². The molecule has 3 aromatic rings. The lowest BCUT2D eigenvalue weighted by Gasteiger charge is -2.19. The molecule has 1 aliphatic carbocycles. The zero-order valence-electron chi connectivity index (χ0n) is 19.0. The maximum Gasteiger partial charge on any atom is 0.407 e. The molecule has 1 atom stereocenters. The van der Waals surface area contributed by atoms with Gasteiger partial charge in [0, 0.05) is 31.4 Å². The lowest BCUT2D eigenvalue weighted by Crippen LogP contribution is -2.47. The Labute approximate surface area is 206 Å². The number of rotatable bonds is 10. The highest BCUT2D eigenvalue weighted by Gasteiger charge is 2.29. The van der Waals surface area contributed by atoms with Crippen LogP contribution in [0.15, 0.2) is 53.9 Å². The second-order valence-corrected chi connectivity index (χ2v) is 8.90. The summed E-state index contributed by atoms with van der Waals surface area (Å²) >= 11 is 1.13. The second-order valence-electron chi connectivity index (χ2n) is 7.95. The molecular weight excluding hydrogens is 470 g/mol. The van der Waals surface area contributed by atoms with Gasteiger partial charge < -0.3 is 25.2 Å². The van der Waals surface area contributed by atoms with E-state index in [-0.39, 0.29) is 37.8 Å². The Morgan fingerprint density at radius 3 is 2.34 bits per heavy atom. The summed E-state index contributed by atoms with van der Waals surface area (Å²) in [6.07, 6.45) is -0.462. The van der Waals surface area contributed by atoms with Gasteiger partial charge in [-0.05, 0) is 22.3 Å². The molecule has 1 aromatic heterocycles. The van der Waals surface area contributed by atoms with E-state index in [0.717, 1.165) is 33.6 Å². The van der Waals surface area contributed by atoms with Crippen molar-refractivity contribution in [3.63, 3.8) is 0 Å². The van der Waals surface area contributed by atoms with Crippen molar-refractivity contribution < 1.29 is 29.0 Å². The van der Waals surface area contributed by atoms with E-state index in [1.807, 2.05) is 36.4 Å². The smallest absolute Gasteiger partial charge is 0.407 e. The van der Waals surface area contributed by atoms with Crippen molar-refractivity contribution in [1.29, 1.82) is 0 Å². The van der Waals surface area contributed by atoms with Crippen LogP contribution in [0.2, 0.25) is 0 Å². The number of benzene rings is 2. The van der Waals surface area contributed by atoms with Gasteiger partial charge in [0.2, 0.25) is 5.91 Å². The Balaban J connectivity index is 1.36.